The topological polar surface area (TPSA) is 41.1 Å². The van der Waals surface area contributed by atoms with E-state index in [4.69, 9.17) is 0 Å². The van der Waals surface area contributed by atoms with Crippen LogP contribution in [-0.2, 0) is 6.54 Å². The van der Waals surface area contributed by atoms with E-state index in [0.717, 1.165) is 35.0 Å². The van der Waals surface area contributed by atoms with Crippen LogP contribution in [0, 0.1) is 18.6 Å². The Kier molecular flexibility index (Phi) is 5.32. The van der Waals surface area contributed by atoms with Crippen molar-refractivity contribution < 1.29 is 13.6 Å². The fourth-order valence-electron chi connectivity index (χ4n) is 2.35. The molecule has 23 heavy (non-hydrogen) atoms. The van der Waals surface area contributed by atoms with Crippen molar-refractivity contribution in [1.82, 2.24) is 5.32 Å². The lowest BCUT2D eigenvalue weighted by atomic mass is 9.98. The number of para-hydroxylation sites is 1. The maximum Gasteiger partial charge on any atom is 0.319 e. The Hall–Kier alpha value is -2.43. The van der Waals surface area contributed by atoms with Gasteiger partial charge in [0.1, 0.15) is 11.6 Å². The molecule has 0 aliphatic rings. The number of amides is 2. The van der Waals surface area contributed by atoms with E-state index >= 15 is 0 Å². The van der Waals surface area contributed by atoms with E-state index in [1.165, 1.54) is 0 Å². The van der Waals surface area contributed by atoms with Crippen LogP contribution in [0.4, 0.5) is 19.3 Å². The largest absolute Gasteiger partial charge is 0.334 e. The fraction of sp³-hybridized carbons (Fsp3) is 0.278. The lowest BCUT2D eigenvalue weighted by Gasteiger charge is -2.17. The molecule has 0 fully saturated rings. The summed E-state index contributed by atoms with van der Waals surface area (Å²) in [5, 5.41) is 5.35. The summed E-state index contributed by atoms with van der Waals surface area (Å²) >= 11 is 0. The van der Waals surface area contributed by atoms with E-state index in [2.05, 4.69) is 10.6 Å². The molecule has 2 aromatic carbocycles. The van der Waals surface area contributed by atoms with Crippen molar-refractivity contribution in [2.24, 2.45) is 0 Å². The first kappa shape index (κ1) is 16.9. The highest BCUT2D eigenvalue weighted by atomic mass is 19.1. The van der Waals surface area contributed by atoms with Gasteiger partial charge in [-0.1, -0.05) is 32.0 Å². The first-order valence-corrected chi connectivity index (χ1v) is 7.46. The molecule has 0 saturated carbocycles. The Bertz CT molecular complexity index is 714. The van der Waals surface area contributed by atoms with Crippen LogP contribution in [0.2, 0.25) is 0 Å². The summed E-state index contributed by atoms with van der Waals surface area (Å²) < 4.78 is 26.7. The number of anilines is 1. The third-order valence-electron chi connectivity index (χ3n) is 3.61. The predicted octanol–water partition coefficient (Wildman–Crippen LogP) is 4.72. The second-order valence-electron chi connectivity index (χ2n) is 5.74. The molecule has 2 amide bonds. The molecule has 0 aliphatic carbocycles. The minimum atomic E-state index is -0.550. The molecule has 2 aromatic rings. The number of halogens is 2. The first-order chi connectivity index (χ1) is 10.9. The lowest BCUT2D eigenvalue weighted by molar-refractivity contribution is 0.251. The third-order valence-corrected chi connectivity index (χ3v) is 3.61. The summed E-state index contributed by atoms with van der Waals surface area (Å²) in [5.41, 5.74) is 2.83. The van der Waals surface area contributed by atoms with Crippen molar-refractivity contribution in [3.8, 4) is 0 Å². The summed E-state index contributed by atoms with van der Waals surface area (Å²) in [6.45, 7) is 5.91. The standard InChI is InChI=1S/C18H20F2N2O/c1-11(2)15-6-4-5-12(3)17(15)22-18(23)21-10-13-9-14(19)7-8-16(13)20/h4-9,11H,10H2,1-3H3,(H2,21,22,23). The summed E-state index contributed by atoms with van der Waals surface area (Å²) in [6.07, 6.45) is 0. The Morgan fingerprint density at radius 3 is 2.61 bits per heavy atom. The van der Waals surface area contributed by atoms with Gasteiger partial charge in [-0.25, -0.2) is 13.6 Å². The SMILES string of the molecule is Cc1cccc(C(C)C)c1NC(=O)NCc1cc(F)ccc1F. The van der Waals surface area contributed by atoms with Gasteiger partial charge in [0.25, 0.3) is 0 Å². The molecule has 0 radical (unpaired) electrons. The van der Waals surface area contributed by atoms with Crippen LogP contribution in [0.5, 0.6) is 0 Å². The van der Waals surface area contributed by atoms with Gasteiger partial charge < -0.3 is 10.6 Å². The van der Waals surface area contributed by atoms with E-state index in [9.17, 15) is 13.6 Å². The number of aryl methyl sites for hydroxylation is 1. The number of rotatable bonds is 4. The van der Waals surface area contributed by atoms with Gasteiger partial charge >= 0.3 is 6.03 Å². The zero-order valence-corrected chi connectivity index (χ0v) is 13.4. The van der Waals surface area contributed by atoms with Gasteiger partial charge in [-0.3, -0.25) is 0 Å². The second-order valence-corrected chi connectivity index (χ2v) is 5.74. The molecule has 0 bridgehead atoms. The highest BCUT2D eigenvalue weighted by Gasteiger charge is 2.12. The molecular weight excluding hydrogens is 298 g/mol. The summed E-state index contributed by atoms with van der Waals surface area (Å²) in [4.78, 5) is 12.1. The van der Waals surface area contributed by atoms with Crippen LogP contribution in [0.1, 0.15) is 36.5 Å². The molecule has 0 aromatic heterocycles. The normalized spacial score (nSPS) is 10.7. The number of nitrogens with one attached hydrogen (secondary N) is 2. The Labute approximate surface area is 134 Å². The molecule has 2 N–H and O–H groups in total. The molecule has 2 rings (SSSR count). The van der Waals surface area contributed by atoms with E-state index < -0.39 is 17.7 Å². The molecule has 0 heterocycles. The fourth-order valence-corrected chi connectivity index (χ4v) is 2.35. The maximum absolute atomic E-state index is 13.5. The molecule has 122 valence electrons. The monoisotopic (exact) mass is 318 g/mol. The van der Waals surface area contributed by atoms with Crippen LogP contribution in [-0.4, -0.2) is 6.03 Å². The van der Waals surface area contributed by atoms with Crippen molar-refractivity contribution in [3.05, 3.63) is 64.7 Å². The maximum atomic E-state index is 13.5. The third kappa shape index (κ3) is 4.28. The summed E-state index contributed by atoms with van der Waals surface area (Å²) in [7, 11) is 0. The number of carbonyl (C=O) groups is 1. The van der Waals surface area contributed by atoms with Gasteiger partial charge in [-0.05, 0) is 42.2 Å². The van der Waals surface area contributed by atoms with E-state index in [0.29, 0.717) is 0 Å². The number of hydrogen-bond donors (Lipinski definition) is 2. The number of urea groups is 1. The average molecular weight is 318 g/mol. The van der Waals surface area contributed by atoms with Crippen LogP contribution in [0.25, 0.3) is 0 Å². The minimum Gasteiger partial charge on any atom is -0.334 e. The van der Waals surface area contributed by atoms with Crippen molar-refractivity contribution in [3.63, 3.8) is 0 Å². The molecule has 0 saturated heterocycles. The molecule has 0 aliphatic heterocycles. The van der Waals surface area contributed by atoms with E-state index in [1.54, 1.807) is 0 Å². The van der Waals surface area contributed by atoms with Crippen LogP contribution < -0.4 is 10.6 Å². The quantitative estimate of drug-likeness (QED) is 0.841. The van der Waals surface area contributed by atoms with Crippen LogP contribution in [0.3, 0.4) is 0 Å². The van der Waals surface area contributed by atoms with Crippen LogP contribution >= 0.6 is 0 Å². The molecule has 0 spiro atoms. The van der Waals surface area contributed by atoms with Gasteiger partial charge in [-0.15, -0.1) is 0 Å². The number of carbonyl (C=O) groups excluding carboxylic acids is 1. The number of hydrogen-bond acceptors (Lipinski definition) is 1. The van der Waals surface area contributed by atoms with Crippen LogP contribution in [0.15, 0.2) is 36.4 Å². The molecular formula is C18H20F2N2O. The Morgan fingerprint density at radius 2 is 1.91 bits per heavy atom. The van der Waals surface area contributed by atoms with Crippen molar-refractivity contribution in [1.29, 1.82) is 0 Å². The number of benzene rings is 2. The highest BCUT2D eigenvalue weighted by Crippen LogP contribution is 2.27. The second kappa shape index (κ2) is 7.22. The van der Waals surface area contributed by atoms with Gasteiger partial charge in [0, 0.05) is 17.8 Å². The van der Waals surface area contributed by atoms with E-state index in [-0.39, 0.29) is 18.0 Å². The average Bonchev–Trinajstić information content (AvgIpc) is 2.50. The molecule has 3 nitrogen and oxygen atoms in total. The molecule has 5 heteroatoms. The Balaban J connectivity index is 2.07. The predicted molar refractivity (Wildman–Crippen MR) is 87.5 cm³/mol. The van der Waals surface area contributed by atoms with Crippen molar-refractivity contribution in [2.75, 3.05) is 5.32 Å². The zero-order chi connectivity index (χ0) is 17.0. The lowest BCUT2D eigenvalue weighted by Crippen LogP contribution is -2.29. The highest BCUT2D eigenvalue weighted by molar-refractivity contribution is 5.91. The molecule has 0 atom stereocenters. The Morgan fingerprint density at radius 1 is 1.17 bits per heavy atom. The summed E-state index contributed by atoms with van der Waals surface area (Å²) in [6, 6.07) is 8.51. The smallest absolute Gasteiger partial charge is 0.319 e. The van der Waals surface area contributed by atoms with Crippen molar-refractivity contribution >= 4 is 11.7 Å². The minimum absolute atomic E-state index is 0.0850. The van der Waals surface area contributed by atoms with Gasteiger partial charge in [0.2, 0.25) is 0 Å². The van der Waals surface area contributed by atoms with Gasteiger partial charge in [0.15, 0.2) is 0 Å². The van der Waals surface area contributed by atoms with Gasteiger partial charge in [0.05, 0.1) is 0 Å². The first-order valence-electron chi connectivity index (χ1n) is 7.46. The summed E-state index contributed by atoms with van der Waals surface area (Å²) in [5.74, 6) is -0.832. The van der Waals surface area contributed by atoms with Crippen molar-refractivity contribution in [2.45, 2.75) is 33.2 Å². The van der Waals surface area contributed by atoms with E-state index in [1.807, 2.05) is 39.0 Å². The molecule has 0 unspecified atom stereocenters. The zero-order valence-electron chi connectivity index (χ0n) is 13.4. The van der Waals surface area contributed by atoms with Gasteiger partial charge in [-0.2, -0.15) is 0 Å².